The molecule has 0 saturated carbocycles. The first-order chi connectivity index (χ1) is 8.18. The monoisotopic (exact) mass is 295 g/mol. The van der Waals surface area contributed by atoms with Crippen LogP contribution in [0.3, 0.4) is 0 Å². The van der Waals surface area contributed by atoms with E-state index in [1.165, 1.54) is 0 Å². The standard InChI is InChI=1S/C13H14BrNO2/c1-9(12-6-3-7-17-12)15-8-10-4-2-5-11(14)13(10)16/h2-7,9,15-16H,8H2,1H3. The number of halogens is 1. The van der Waals surface area contributed by atoms with Crippen LogP contribution in [0.15, 0.2) is 45.5 Å². The number of phenolic OH excluding ortho intramolecular Hbond substituents is 1. The van der Waals surface area contributed by atoms with Crippen LogP contribution in [0.25, 0.3) is 0 Å². The molecule has 90 valence electrons. The maximum Gasteiger partial charge on any atom is 0.134 e. The van der Waals surface area contributed by atoms with Crippen LogP contribution in [0.4, 0.5) is 0 Å². The summed E-state index contributed by atoms with van der Waals surface area (Å²) in [5.74, 6) is 1.17. The molecule has 0 saturated heterocycles. The molecule has 0 aliphatic rings. The Morgan fingerprint density at radius 3 is 2.88 bits per heavy atom. The number of phenols is 1. The van der Waals surface area contributed by atoms with Gasteiger partial charge in [-0.05, 0) is 41.1 Å². The van der Waals surface area contributed by atoms with Crippen LogP contribution in [0, 0.1) is 0 Å². The van der Waals surface area contributed by atoms with E-state index >= 15 is 0 Å². The number of benzene rings is 1. The molecule has 1 heterocycles. The molecule has 1 aromatic carbocycles. The average Bonchev–Trinajstić information content (AvgIpc) is 2.84. The van der Waals surface area contributed by atoms with E-state index in [1.807, 2.05) is 37.3 Å². The smallest absolute Gasteiger partial charge is 0.134 e. The quantitative estimate of drug-likeness (QED) is 0.906. The van der Waals surface area contributed by atoms with Crippen molar-refractivity contribution in [1.82, 2.24) is 5.32 Å². The van der Waals surface area contributed by atoms with Gasteiger partial charge in [0.05, 0.1) is 16.8 Å². The van der Waals surface area contributed by atoms with Crippen molar-refractivity contribution >= 4 is 15.9 Å². The van der Waals surface area contributed by atoms with Gasteiger partial charge in [-0.1, -0.05) is 12.1 Å². The minimum Gasteiger partial charge on any atom is -0.506 e. The summed E-state index contributed by atoms with van der Waals surface area (Å²) < 4.78 is 6.01. The third-order valence-electron chi connectivity index (χ3n) is 2.64. The number of aromatic hydroxyl groups is 1. The van der Waals surface area contributed by atoms with Gasteiger partial charge in [0.25, 0.3) is 0 Å². The van der Waals surface area contributed by atoms with Gasteiger partial charge in [-0.3, -0.25) is 0 Å². The maximum absolute atomic E-state index is 9.83. The summed E-state index contributed by atoms with van der Waals surface area (Å²) in [6, 6.07) is 9.51. The normalized spacial score (nSPS) is 12.6. The summed E-state index contributed by atoms with van der Waals surface area (Å²) >= 11 is 3.30. The predicted octanol–water partition coefficient (Wildman–Crippen LogP) is 3.60. The zero-order valence-electron chi connectivity index (χ0n) is 9.48. The molecule has 1 atom stereocenters. The number of hydrogen-bond acceptors (Lipinski definition) is 3. The summed E-state index contributed by atoms with van der Waals surface area (Å²) in [4.78, 5) is 0. The second-order valence-electron chi connectivity index (χ2n) is 3.87. The van der Waals surface area contributed by atoms with Crippen molar-refractivity contribution in [2.75, 3.05) is 0 Å². The van der Waals surface area contributed by atoms with Crippen molar-refractivity contribution in [3.05, 3.63) is 52.4 Å². The second-order valence-corrected chi connectivity index (χ2v) is 4.72. The summed E-state index contributed by atoms with van der Waals surface area (Å²) in [6.45, 7) is 2.61. The van der Waals surface area contributed by atoms with Gasteiger partial charge in [0.1, 0.15) is 11.5 Å². The molecular formula is C13H14BrNO2. The van der Waals surface area contributed by atoms with E-state index < -0.39 is 0 Å². The van der Waals surface area contributed by atoms with Crippen LogP contribution in [-0.2, 0) is 6.54 Å². The van der Waals surface area contributed by atoms with Gasteiger partial charge in [-0.2, -0.15) is 0 Å². The zero-order valence-corrected chi connectivity index (χ0v) is 11.1. The minimum absolute atomic E-state index is 0.114. The molecule has 1 unspecified atom stereocenters. The molecule has 2 aromatic rings. The van der Waals surface area contributed by atoms with E-state index in [1.54, 1.807) is 6.26 Å². The summed E-state index contributed by atoms with van der Waals surface area (Å²) in [6.07, 6.45) is 1.66. The van der Waals surface area contributed by atoms with E-state index in [4.69, 9.17) is 4.42 Å². The number of nitrogens with one attached hydrogen (secondary N) is 1. The molecule has 0 bridgehead atoms. The Balaban J connectivity index is 2.00. The van der Waals surface area contributed by atoms with Crippen molar-refractivity contribution in [1.29, 1.82) is 0 Å². The van der Waals surface area contributed by atoms with E-state index in [0.29, 0.717) is 11.0 Å². The molecule has 4 heteroatoms. The molecule has 0 aliphatic carbocycles. The van der Waals surface area contributed by atoms with E-state index in [0.717, 1.165) is 11.3 Å². The third kappa shape index (κ3) is 2.90. The molecule has 0 amide bonds. The Labute approximate surface area is 109 Å². The number of rotatable bonds is 4. The molecule has 3 nitrogen and oxygen atoms in total. The van der Waals surface area contributed by atoms with Crippen molar-refractivity contribution in [2.24, 2.45) is 0 Å². The first kappa shape index (κ1) is 12.2. The van der Waals surface area contributed by atoms with Gasteiger partial charge < -0.3 is 14.8 Å². The van der Waals surface area contributed by atoms with Crippen LogP contribution < -0.4 is 5.32 Å². The summed E-state index contributed by atoms with van der Waals surface area (Å²) in [5, 5.41) is 13.1. The Hall–Kier alpha value is -1.26. The van der Waals surface area contributed by atoms with Crippen molar-refractivity contribution in [2.45, 2.75) is 19.5 Å². The lowest BCUT2D eigenvalue weighted by Gasteiger charge is -2.12. The van der Waals surface area contributed by atoms with E-state index in [-0.39, 0.29) is 11.8 Å². The van der Waals surface area contributed by atoms with Gasteiger partial charge >= 0.3 is 0 Å². The molecule has 0 spiro atoms. The van der Waals surface area contributed by atoms with Gasteiger partial charge in [0.2, 0.25) is 0 Å². The van der Waals surface area contributed by atoms with Crippen LogP contribution in [-0.4, -0.2) is 5.11 Å². The largest absolute Gasteiger partial charge is 0.506 e. The highest BCUT2D eigenvalue weighted by molar-refractivity contribution is 9.10. The van der Waals surface area contributed by atoms with Gasteiger partial charge in [0, 0.05) is 12.1 Å². The zero-order chi connectivity index (χ0) is 12.3. The molecule has 0 fully saturated rings. The molecule has 0 aliphatic heterocycles. The summed E-state index contributed by atoms with van der Waals surface area (Å²) in [5.41, 5.74) is 0.859. The van der Waals surface area contributed by atoms with Gasteiger partial charge in [0.15, 0.2) is 0 Å². The maximum atomic E-state index is 9.83. The first-order valence-corrected chi connectivity index (χ1v) is 6.21. The van der Waals surface area contributed by atoms with E-state index in [2.05, 4.69) is 21.2 Å². The molecule has 0 radical (unpaired) electrons. The lowest BCUT2D eigenvalue weighted by Crippen LogP contribution is -2.17. The van der Waals surface area contributed by atoms with Crippen LogP contribution in [0.1, 0.15) is 24.3 Å². The van der Waals surface area contributed by atoms with Gasteiger partial charge in [-0.25, -0.2) is 0 Å². The van der Waals surface area contributed by atoms with Crippen LogP contribution >= 0.6 is 15.9 Å². The topological polar surface area (TPSA) is 45.4 Å². The predicted molar refractivity (Wildman–Crippen MR) is 69.8 cm³/mol. The van der Waals surface area contributed by atoms with Crippen molar-refractivity contribution in [3.8, 4) is 5.75 Å². The Morgan fingerprint density at radius 1 is 1.35 bits per heavy atom. The Kier molecular flexibility index (Phi) is 3.86. The molecular weight excluding hydrogens is 282 g/mol. The van der Waals surface area contributed by atoms with Crippen LogP contribution in [0.2, 0.25) is 0 Å². The minimum atomic E-state index is 0.114. The Bertz CT molecular complexity index is 482. The molecule has 2 rings (SSSR count). The first-order valence-electron chi connectivity index (χ1n) is 5.41. The fraction of sp³-hybridized carbons (Fsp3) is 0.231. The summed E-state index contributed by atoms with van der Waals surface area (Å²) in [7, 11) is 0. The van der Waals surface area contributed by atoms with Crippen molar-refractivity contribution in [3.63, 3.8) is 0 Å². The Morgan fingerprint density at radius 2 is 2.18 bits per heavy atom. The molecule has 2 N–H and O–H groups in total. The SMILES string of the molecule is CC(NCc1cccc(Br)c1O)c1ccco1. The van der Waals surface area contributed by atoms with Crippen LogP contribution in [0.5, 0.6) is 5.75 Å². The van der Waals surface area contributed by atoms with Gasteiger partial charge in [-0.15, -0.1) is 0 Å². The number of furan rings is 1. The highest BCUT2D eigenvalue weighted by Crippen LogP contribution is 2.27. The fourth-order valence-corrected chi connectivity index (χ4v) is 2.01. The lowest BCUT2D eigenvalue weighted by molar-refractivity contribution is 0.421. The van der Waals surface area contributed by atoms with Crippen molar-refractivity contribution < 1.29 is 9.52 Å². The number of hydrogen-bond donors (Lipinski definition) is 2. The van der Waals surface area contributed by atoms with E-state index in [9.17, 15) is 5.11 Å². The highest BCUT2D eigenvalue weighted by Gasteiger charge is 2.09. The second kappa shape index (κ2) is 5.38. The molecule has 17 heavy (non-hydrogen) atoms. The lowest BCUT2D eigenvalue weighted by atomic mass is 10.2. The number of para-hydroxylation sites is 1. The highest BCUT2D eigenvalue weighted by atomic mass is 79.9. The fourth-order valence-electron chi connectivity index (χ4n) is 1.60. The molecule has 1 aromatic heterocycles. The third-order valence-corrected chi connectivity index (χ3v) is 3.28. The average molecular weight is 296 g/mol.